The van der Waals surface area contributed by atoms with Crippen LogP contribution in [0.1, 0.15) is 0 Å². The van der Waals surface area contributed by atoms with Crippen LogP contribution in [0.2, 0.25) is 0 Å². The van der Waals surface area contributed by atoms with E-state index in [1.807, 2.05) is 48.5 Å². The van der Waals surface area contributed by atoms with Crippen molar-refractivity contribution in [2.24, 2.45) is 0 Å². The van der Waals surface area contributed by atoms with E-state index in [1.165, 1.54) is 22.3 Å². The zero-order chi connectivity index (χ0) is 33.7. The third-order valence-corrected chi connectivity index (χ3v) is 9.71. The summed E-state index contributed by atoms with van der Waals surface area (Å²) in [6, 6.07) is 63.5. The lowest BCUT2D eigenvalue weighted by atomic mass is 9.99. The number of furan rings is 1. The van der Waals surface area contributed by atoms with Gasteiger partial charge >= 0.3 is 0 Å². The van der Waals surface area contributed by atoms with Gasteiger partial charge < -0.3 is 13.7 Å². The highest BCUT2D eigenvalue weighted by Crippen LogP contribution is 2.46. The van der Waals surface area contributed by atoms with Crippen LogP contribution in [-0.2, 0) is 0 Å². The lowest BCUT2D eigenvalue weighted by Crippen LogP contribution is -2.10. The molecule has 10 rings (SSSR count). The monoisotopic (exact) mass is 654 g/mol. The maximum Gasteiger partial charge on any atom is 0.227 e. The lowest BCUT2D eigenvalue weighted by molar-refractivity contribution is 0.620. The SMILES string of the molecule is c1ccc(-c2ccc(N(c3ccc(-c4ccccc4)cc3)c3cc4oc5c(ccc6oc(-c7ccccc7)nc65)c4c4ccccc34)cc2)cc1. The van der Waals surface area contributed by atoms with Gasteiger partial charge in [0, 0.05) is 39.2 Å². The predicted octanol–water partition coefficient (Wildman–Crippen LogP) is 13.4. The van der Waals surface area contributed by atoms with E-state index in [0.717, 1.165) is 60.9 Å². The zero-order valence-electron chi connectivity index (χ0n) is 27.5. The molecule has 0 atom stereocenters. The summed E-state index contributed by atoms with van der Waals surface area (Å²) in [7, 11) is 0. The van der Waals surface area contributed by atoms with Crippen molar-refractivity contribution in [3.63, 3.8) is 0 Å². The van der Waals surface area contributed by atoms with Crippen LogP contribution in [0.3, 0.4) is 0 Å². The molecule has 0 saturated heterocycles. The van der Waals surface area contributed by atoms with Gasteiger partial charge in [-0.2, -0.15) is 0 Å². The fourth-order valence-electron chi connectivity index (χ4n) is 7.25. The van der Waals surface area contributed by atoms with E-state index < -0.39 is 0 Å². The Morgan fingerprint density at radius 3 is 1.49 bits per heavy atom. The number of hydrogen-bond acceptors (Lipinski definition) is 4. The third-order valence-electron chi connectivity index (χ3n) is 9.71. The van der Waals surface area contributed by atoms with Gasteiger partial charge in [-0.1, -0.05) is 127 Å². The molecule has 2 aromatic heterocycles. The molecular formula is C47H30N2O2. The quantitative estimate of drug-likeness (QED) is 0.179. The number of rotatable bonds is 6. The Morgan fingerprint density at radius 1 is 0.392 bits per heavy atom. The topological polar surface area (TPSA) is 42.4 Å². The summed E-state index contributed by atoms with van der Waals surface area (Å²) in [6.45, 7) is 0. The van der Waals surface area contributed by atoms with E-state index in [2.05, 4.69) is 138 Å². The maximum absolute atomic E-state index is 6.79. The number of nitrogens with zero attached hydrogens (tertiary/aromatic N) is 2. The molecule has 0 saturated carbocycles. The fourth-order valence-corrected chi connectivity index (χ4v) is 7.25. The van der Waals surface area contributed by atoms with Gasteiger partial charge in [0.2, 0.25) is 5.89 Å². The average molecular weight is 655 g/mol. The fraction of sp³-hybridized carbons (Fsp3) is 0. The summed E-state index contributed by atoms with van der Waals surface area (Å²) < 4.78 is 13.0. The number of fused-ring (bicyclic) bond motifs is 7. The predicted molar refractivity (Wildman–Crippen MR) is 210 cm³/mol. The van der Waals surface area contributed by atoms with Crippen LogP contribution in [0.5, 0.6) is 0 Å². The highest BCUT2D eigenvalue weighted by Gasteiger charge is 2.22. The van der Waals surface area contributed by atoms with Gasteiger partial charge in [-0.3, -0.25) is 0 Å². The van der Waals surface area contributed by atoms with Crippen molar-refractivity contribution < 1.29 is 8.83 Å². The maximum atomic E-state index is 6.79. The van der Waals surface area contributed by atoms with Crippen LogP contribution in [0, 0.1) is 0 Å². The van der Waals surface area contributed by atoms with Crippen molar-refractivity contribution in [3.8, 4) is 33.7 Å². The van der Waals surface area contributed by atoms with Crippen LogP contribution in [0.25, 0.3) is 77.5 Å². The van der Waals surface area contributed by atoms with E-state index in [-0.39, 0.29) is 0 Å². The smallest absolute Gasteiger partial charge is 0.227 e. The Bertz CT molecular complexity index is 2740. The highest BCUT2D eigenvalue weighted by atomic mass is 16.4. The van der Waals surface area contributed by atoms with Crippen LogP contribution < -0.4 is 4.90 Å². The van der Waals surface area contributed by atoms with Crippen LogP contribution >= 0.6 is 0 Å². The Labute approximate surface area is 294 Å². The van der Waals surface area contributed by atoms with Crippen molar-refractivity contribution in [3.05, 3.63) is 182 Å². The molecule has 2 heterocycles. The molecule has 0 spiro atoms. The first kappa shape index (κ1) is 29.0. The van der Waals surface area contributed by atoms with Gasteiger partial charge in [0.15, 0.2) is 16.7 Å². The number of anilines is 3. The molecule has 0 fully saturated rings. The largest absolute Gasteiger partial charge is 0.454 e. The van der Waals surface area contributed by atoms with E-state index in [0.29, 0.717) is 11.5 Å². The molecule has 0 amide bonds. The normalized spacial score (nSPS) is 11.5. The summed E-state index contributed by atoms with van der Waals surface area (Å²) in [5.74, 6) is 0.577. The minimum atomic E-state index is 0.577. The molecule has 0 radical (unpaired) electrons. The zero-order valence-corrected chi connectivity index (χ0v) is 27.5. The first-order chi connectivity index (χ1) is 25.3. The second-order valence-electron chi connectivity index (χ2n) is 12.8. The Balaban J connectivity index is 1.18. The van der Waals surface area contributed by atoms with E-state index in [9.17, 15) is 0 Å². The molecule has 8 aromatic carbocycles. The second-order valence-corrected chi connectivity index (χ2v) is 12.8. The van der Waals surface area contributed by atoms with Crippen LogP contribution in [-0.4, -0.2) is 4.98 Å². The molecule has 0 aliphatic heterocycles. The molecule has 0 aliphatic carbocycles. The Kier molecular flexibility index (Phi) is 6.78. The minimum Gasteiger partial charge on any atom is -0.454 e. The van der Waals surface area contributed by atoms with Crippen molar-refractivity contribution >= 4 is 60.9 Å². The van der Waals surface area contributed by atoms with Gasteiger partial charge in [-0.25, -0.2) is 4.98 Å². The molecule has 10 aromatic rings. The number of hydrogen-bond donors (Lipinski definition) is 0. The molecule has 0 N–H and O–H groups in total. The molecule has 4 heteroatoms. The average Bonchev–Trinajstić information content (AvgIpc) is 3.82. The van der Waals surface area contributed by atoms with Crippen molar-refractivity contribution in [1.29, 1.82) is 0 Å². The third kappa shape index (κ3) is 4.96. The van der Waals surface area contributed by atoms with E-state index >= 15 is 0 Å². The van der Waals surface area contributed by atoms with Gasteiger partial charge in [-0.15, -0.1) is 0 Å². The highest BCUT2D eigenvalue weighted by molar-refractivity contribution is 6.25. The standard InChI is InChI=1S/C47H30N2O2/c1-4-12-31(13-5-1)33-20-24-36(25-21-33)49(37-26-22-34(23-27-37)32-14-6-2-7-15-32)41-30-43-44(39-19-11-10-18-38(39)41)40-28-29-42-45(46(40)50-43)48-47(51-42)35-16-8-3-9-17-35/h1-30H. The van der Waals surface area contributed by atoms with Gasteiger partial charge in [0.1, 0.15) is 5.58 Å². The van der Waals surface area contributed by atoms with E-state index in [1.54, 1.807) is 0 Å². The first-order valence-electron chi connectivity index (χ1n) is 17.1. The van der Waals surface area contributed by atoms with Crippen molar-refractivity contribution in [2.45, 2.75) is 0 Å². The molecule has 0 unspecified atom stereocenters. The van der Waals surface area contributed by atoms with Gasteiger partial charge in [-0.05, 0) is 76.2 Å². The summed E-state index contributed by atoms with van der Waals surface area (Å²) in [5, 5.41) is 4.31. The van der Waals surface area contributed by atoms with E-state index in [4.69, 9.17) is 13.8 Å². The Morgan fingerprint density at radius 2 is 0.902 bits per heavy atom. The molecule has 4 nitrogen and oxygen atoms in total. The number of oxazole rings is 1. The summed E-state index contributed by atoms with van der Waals surface area (Å²) in [4.78, 5) is 7.27. The molecule has 0 aliphatic rings. The van der Waals surface area contributed by atoms with Gasteiger partial charge in [0.05, 0.1) is 5.69 Å². The summed E-state index contributed by atoms with van der Waals surface area (Å²) in [5.41, 5.74) is 11.7. The summed E-state index contributed by atoms with van der Waals surface area (Å²) >= 11 is 0. The van der Waals surface area contributed by atoms with Crippen molar-refractivity contribution in [1.82, 2.24) is 4.98 Å². The molecular weight excluding hydrogens is 625 g/mol. The summed E-state index contributed by atoms with van der Waals surface area (Å²) in [6.07, 6.45) is 0. The lowest BCUT2D eigenvalue weighted by Gasteiger charge is -2.27. The molecule has 240 valence electrons. The molecule has 0 bridgehead atoms. The van der Waals surface area contributed by atoms with Crippen LogP contribution in [0.4, 0.5) is 17.1 Å². The first-order valence-corrected chi connectivity index (χ1v) is 17.1. The van der Waals surface area contributed by atoms with Crippen LogP contribution in [0.15, 0.2) is 191 Å². The number of benzene rings is 8. The molecule has 51 heavy (non-hydrogen) atoms. The second kappa shape index (κ2) is 11.9. The Hall–Kier alpha value is -6.91. The van der Waals surface area contributed by atoms with Crippen molar-refractivity contribution in [2.75, 3.05) is 4.90 Å². The van der Waals surface area contributed by atoms with Gasteiger partial charge in [0.25, 0.3) is 0 Å². The number of aromatic nitrogens is 1. The minimum absolute atomic E-state index is 0.577.